The van der Waals surface area contributed by atoms with Gasteiger partial charge in [-0.1, -0.05) is 0 Å². The summed E-state index contributed by atoms with van der Waals surface area (Å²) in [5, 5.41) is 14.3. The van der Waals surface area contributed by atoms with Gasteiger partial charge in [-0.15, -0.1) is 0 Å². The van der Waals surface area contributed by atoms with Crippen molar-refractivity contribution in [2.45, 2.75) is 40.3 Å². The molecule has 0 saturated carbocycles. The Morgan fingerprint density at radius 1 is 1.45 bits per heavy atom. The summed E-state index contributed by atoms with van der Waals surface area (Å²) in [6.45, 7) is 10.1. The Labute approximate surface area is 120 Å². The zero-order valence-electron chi connectivity index (χ0n) is 12.9. The number of hydrogen-bond donors (Lipinski definition) is 1. The molecule has 1 N–H and O–H groups in total. The van der Waals surface area contributed by atoms with Crippen LogP contribution in [0.1, 0.15) is 30.7 Å². The number of nitrogens with zero attached hydrogens (tertiary/aromatic N) is 3. The van der Waals surface area contributed by atoms with Crippen LogP contribution < -0.4 is 5.32 Å². The Morgan fingerprint density at radius 2 is 2.10 bits per heavy atom. The van der Waals surface area contributed by atoms with Crippen LogP contribution in [0.25, 0.3) is 0 Å². The van der Waals surface area contributed by atoms with Crippen molar-refractivity contribution in [3.63, 3.8) is 0 Å². The van der Waals surface area contributed by atoms with E-state index in [1.165, 1.54) is 0 Å². The molecule has 6 nitrogen and oxygen atoms in total. The van der Waals surface area contributed by atoms with Crippen LogP contribution in [0.3, 0.4) is 0 Å². The van der Waals surface area contributed by atoms with E-state index in [1.54, 1.807) is 20.0 Å². The molecule has 0 aliphatic rings. The van der Waals surface area contributed by atoms with Crippen LogP contribution in [-0.4, -0.2) is 41.0 Å². The molecule has 0 spiro atoms. The molecule has 20 heavy (non-hydrogen) atoms. The summed E-state index contributed by atoms with van der Waals surface area (Å²) in [5.41, 5.74) is 2.18. The van der Waals surface area contributed by atoms with E-state index in [4.69, 9.17) is 0 Å². The molecule has 112 valence electrons. The van der Waals surface area contributed by atoms with E-state index in [-0.39, 0.29) is 10.6 Å². The number of pyridine rings is 1. The van der Waals surface area contributed by atoms with E-state index in [0.29, 0.717) is 23.7 Å². The van der Waals surface area contributed by atoms with Gasteiger partial charge < -0.3 is 10.2 Å². The van der Waals surface area contributed by atoms with E-state index < -0.39 is 0 Å². The van der Waals surface area contributed by atoms with Crippen LogP contribution >= 0.6 is 0 Å². The topological polar surface area (TPSA) is 71.3 Å². The van der Waals surface area contributed by atoms with Gasteiger partial charge in [-0.3, -0.25) is 15.1 Å². The summed E-state index contributed by atoms with van der Waals surface area (Å²) in [7, 11) is 2.08. The molecule has 0 saturated heterocycles. The standard InChI is InChI=1S/C14H24N4O2/c1-10(2)17(5)7-6-15-9-13-12(4)14(18(19)20)11(3)8-16-13/h8,10,15H,6-7,9H2,1-5H3. The molecule has 6 heteroatoms. The average molecular weight is 280 g/mol. The fourth-order valence-corrected chi connectivity index (χ4v) is 1.94. The second-order valence-corrected chi connectivity index (χ2v) is 5.37. The number of nitro groups is 1. The number of rotatable bonds is 7. The van der Waals surface area contributed by atoms with Crippen molar-refractivity contribution in [1.82, 2.24) is 15.2 Å². The van der Waals surface area contributed by atoms with Crippen LogP contribution in [0.15, 0.2) is 6.20 Å². The average Bonchev–Trinajstić information content (AvgIpc) is 2.35. The molecular weight excluding hydrogens is 256 g/mol. The quantitative estimate of drug-likeness (QED) is 0.470. The third-order valence-electron chi connectivity index (χ3n) is 3.57. The smallest absolute Gasteiger partial charge is 0.278 e. The fourth-order valence-electron chi connectivity index (χ4n) is 1.94. The Bertz CT molecular complexity index is 474. The Kier molecular flexibility index (Phi) is 6.04. The van der Waals surface area contributed by atoms with Gasteiger partial charge in [0.15, 0.2) is 0 Å². The van der Waals surface area contributed by atoms with Crippen LogP contribution in [-0.2, 0) is 6.54 Å². The highest BCUT2D eigenvalue weighted by atomic mass is 16.6. The largest absolute Gasteiger partial charge is 0.310 e. The molecule has 1 aromatic heterocycles. The van der Waals surface area contributed by atoms with Crippen molar-refractivity contribution in [2.24, 2.45) is 0 Å². The van der Waals surface area contributed by atoms with Gasteiger partial charge in [-0.05, 0) is 34.7 Å². The van der Waals surface area contributed by atoms with Crippen LogP contribution in [0.4, 0.5) is 5.69 Å². The monoisotopic (exact) mass is 280 g/mol. The first-order valence-corrected chi connectivity index (χ1v) is 6.85. The van der Waals surface area contributed by atoms with E-state index in [1.807, 2.05) is 0 Å². The minimum absolute atomic E-state index is 0.177. The van der Waals surface area contributed by atoms with E-state index in [2.05, 4.69) is 36.1 Å². The lowest BCUT2D eigenvalue weighted by Crippen LogP contribution is -2.33. The van der Waals surface area contributed by atoms with Gasteiger partial charge in [0.05, 0.1) is 10.6 Å². The summed E-state index contributed by atoms with van der Waals surface area (Å²) in [5.74, 6) is 0. The maximum atomic E-state index is 11.0. The lowest BCUT2D eigenvalue weighted by molar-refractivity contribution is -0.386. The summed E-state index contributed by atoms with van der Waals surface area (Å²) in [6.07, 6.45) is 1.57. The molecule has 0 bridgehead atoms. The zero-order valence-corrected chi connectivity index (χ0v) is 12.9. The van der Waals surface area contributed by atoms with Crippen LogP contribution in [0.2, 0.25) is 0 Å². The number of likely N-dealkylation sites (N-methyl/N-ethyl adjacent to an activating group) is 1. The first-order valence-electron chi connectivity index (χ1n) is 6.85. The van der Waals surface area contributed by atoms with Gasteiger partial charge in [-0.2, -0.15) is 0 Å². The predicted octanol–water partition coefficient (Wildman–Crippen LogP) is 2.04. The van der Waals surface area contributed by atoms with Crippen molar-refractivity contribution in [3.8, 4) is 0 Å². The lowest BCUT2D eigenvalue weighted by atomic mass is 10.1. The van der Waals surface area contributed by atoms with Crippen molar-refractivity contribution in [1.29, 1.82) is 0 Å². The molecule has 0 atom stereocenters. The third-order valence-corrected chi connectivity index (χ3v) is 3.57. The summed E-state index contributed by atoms with van der Waals surface area (Å²) in [4.78, 5) is 17.2. The minimum Gasteiger partial charge on any atom is -0.310 e. The van der Waals surface area contributed by atoms with Crippen LogP contribution in [0, 0.1) is 24.0 Å². The Balaban J connectivity index is 2.61. The maximum Gasteiger partial charge on any atom is 0.278 e. The summed E-state index contributed by atoms with van der Waals surface area (Å²) >= 11 is 0. The third kappa shape index (κ3) is 4.25. The van der Waals surface area contributed by atoms with E-state index in [9.17, 15) is 10.1 Å². The summed E-state index contributed by atoms with van der Waals surface area (Å²) in [6, 6.07) is 0.511. The van der Waals surface area contributed by atoms with Gasteiger partial charge in [0.1, 0.15) is 0 Å². The van der Waals surface area contributed by atoms with Gasteiger partial charge in [0, 0.05) is 43.0 Å². The minimum atomic E-state index is -0.331. The van der Waals surface area contributed by atoms with Crippen molar-refractivity contribution in [3.05, 3.63) is 33.1 Å². The van der Waals surface area contributed by atoms with Crippen LogP contribution in [0.5, 0.6) is 0 Å². The molecule has 0 radical (unpaired) electrons. The van der Waals surface area contributed by atoms with Crippen molar-refractivity contribution in [2.75, 3.05) is 20.1 Å². The highest BCUT2D eigenvalue weighted by Crippen LogP contribution is 2.23. The lowest BCUT2D eigenvalue weighted by Gasteiger charge is -2.21. The predicted molar refractivity (Wildman–Crippen MR) is 79.8 cm³/mol. The molecule has 1 heterocycles. The van der Waals surface area contributed by atoms with Crippen molar-refractivity contribution >= 4 is 5.69 Å². The number of hydrogen-bond acceptors (Lipinski definition) is 5. The Morgan fingerprint density at radius 3 is 2.65 bits per heavy atom. The van der Waals surface area contributed by atoms with Gasteiger partial charge in [-0.25, -0.2) is 0 Å². The molecule has 0 aliphatic carbocycles. The highest BCUT2D eigenvalue weighted by molar-refractivity contribution is 5.47. The Hall–Kier alpha value is -1.53. The highest BCUT2D eigenvalue weighted by Gasteiger charge is 2.18. The molecule has 1 aromatic rings. The number of aryl methyl sites for hydroxylation is 1. The maximum absolute atomic E-state index is 11.0. The first-order chi connectivity index (χ1) is 9.34. The second kappa shape index (κ2) is 7.31. The van der Waals surface area contributed by atoms with E-state index >= 15 is 0 Å². The van der Waals surface area contributed by atoms with E-state index in [0.717, 1.165) is 18.8 Å². The molecule has 0 fully saturated rings. The van der Waals surface area contributed by atoms with Gasteiger partial charge >= 0.3 is 0 Å². The molecular formula is C14H24N4O2. The summed E-state index contributed by atoms with van der Waals surface area (Å²) < 4.78 is 0. The SMILES string of the molecule is Cc1cnc(CNCCN(C)C(C)C)c(C)c1[N+](=O)[O-]. The number of nitrogens with one attached hydrogen (secondary N) is 1. The molecule has 0 aliphatic heterocycles. The fraction of sp³-hybridized carbons (Fsp3) is 0.643. The molecule has 1 rings (SSSR count). The zero-order chi connectivity index (χ0) is 15.3. The first kappa shape index (κ1) is 16.5. The van der Waals surface area contributed by atoms with Gasteiger partial charge in [0.25, 0.3) is 5.69 Å². The second-order valence-electron chi connectivity index (χ2n) is 5.37. The normalized spacial score (nSPS) is 11.3. The molecule has 0 amide bonds. The van der Waals surface area contributed by atoms with Gasteiger partial charge in [0.2, 0.25) is 0 Å². The molecule has 0 unspecified atom stereocenters. The molecule has 0 aromatic carbocycles. The van der Waals surface area contributed by atoms with Crippen molar-refractivity contribution < 1.29 is 4.92 Å². The number of aromatic nitrogens is 1.